The van der Waals surface area contributed by atoms with Crippen molar-refractivity contribution < 1.29 is 14.1 Å². The van der Waals surface area contributed by atoms with Crippen molar-refractivity contribution >= 4 is 23.5 Å². The maximum absolute atomic E-state index is 12.8. The van der Waals surface area contributed by atoms with Gasteiger partial charge in [-0.25, -0.2) is 0 Å². The maximum atomic E-state index is 12.8. The lowest BCUT2D eigenvalue weighted by molar-refractivity contribution is -0.139. The van der Waals surface area contributed by atoms with E-state index in [1.54, 1.807) is 12.1 Å². The molecule has 0 spiro atoms. The lowest BCUT2D eigenvalue weighted by Crippen LogP contribution is -2.48. The molecule has 0 aliphatic carbocycles. The van der Waals surface area contributed by atoms with Crippen LogP contribution in [0.15, 0.2) is 28.8 Å². The monoisotopic (exact) mass is 376 g/mol. The van der Waals surface area contributed by atoms with Gasteiger partial charge in [-0.15, -0.1) is 0 Å². The molecule has 2 fully saturated rings. The highest BCUT2D eigenvalue weighted by molar-refractivity contribution is 6.30. The van der Waals surface area contributed by atoms with Crippen molar-refractivity contribution in [1.29, 1.82) is 0 Å². The molecule has 2 aliphatic rings. The number of carbonyl (C=O) groups is 1. The fraction of sp³-hybridized carbons (Fsp3) is 0.500. The summed E-state index contributed by atoms with van der Waals surface area (Å²) in [4.78, 5) is 21.2. The molecule has 2 aliphatic heterocycles. The predicted molar refractivity (Wildman–Crippen MR) is 97.1 cm³/mol. The van der Waals surface area contributed by atoms with Crippen LogP contribution in [-0.4, -0.2) is 60.3 Å². The van der Waals surface area contributed by atoms with Gasteiger partial charge in [0.1, 0.15) is 0 Å². The Morgan fingerprint density at radius 3 is 2.88 bits per heavy atom. The number of morpholine rings is 1. The second-order valence-electron chi connectivity index (χ2n) is 6.63. The van der Waals surface area contributed by atoms with Gasteiger partial charge in [-0.1, -0.05) is 28.9 Å². The van der Waals surface area contributed by atoms with Gasteiger partial charge in [0.15, 0.2) is 0 Å². The molecule has 26 heavy (non-hydrogen) atoms. The minimum absolute atomic E-state index is 0.0385. The molecule has 0 radical (unpaired) electrons. The van der Waals surface area contributed by atoms with Crippen LogP contribution in [0, 0.1) is 5.92 Å². The Morgan fingerprint density at radius 2 is 2.08 bits per heavy atom. The van der Waals surface area contributed by atoms with Crippen molar-refractivity contribution in [2.75, 3.05) is 44.3 Å². The SMILES string of the molecule is O=C(C1CCCN(c2nc(-c3cccc(Cl)c3)no2)C1)N1CCOCC1. The molecule has 1 atom stereocenters. The largest absolute Gasteiger partial charge is 0.378 e. The zero-order valence-electron chi connectivity index (χ0n) is 14.4. The molecular formula is C18H21ClN4O3. The van der Waals surface area contributed by atoms with Gasteiger partial charge in [0.2, 0.25) is 11.7 Å². The van der Waals surface area contributed by atoms with E-state index in [4.69, 9.17) is 20.9 Å². The highest BCUT2D eigenvalue weighted by atomic mass is 35.5. The highest BCUT2D eigenvalue weighted by Gasteiger charge is 2.32. The Labute approximate surface area is 156 Å². The summed E-state index contributed by atoms with van der Waals surface area (Å²) in [6.07, 6.45) is 1.82. The van der Waals surface area contributed by atoms with Crippen LogP contribution in [0.4, 0.5) is 6.01 Å². The van der Waals surface area contributed by atoms with E-state index in [0.29, 0.717) is 49.7 Å². The quantitative estimate of drug-likeness (QED) is 0.819. The van der Waals surface area contributed by atoms with Gasteiger partial charge < -0.3 is 19.1 Å². The number of aromatic nitrogens is 2. The van der Waals surface area contributed by atoms with E-state index in [1.807, 2.05) is 21.9 Å². The van der Waals surface area contributed by atoms with E-state index in [1.165, 1.54) is 0 Å². The summed E-state index contributed by atoms with van der Waals surface area (Å²) in [7, 11) is 0. The van der Waals surface area contributed by atoms with Crippen molar-refractivity contribution in [1.82, 2.24) is 15.0 Å². The van der Waals surface area contributed by atoms with Crippen molar-refractivity contribution in [3.8, 4) is 11.4 Å². The van der Waals surface area contributed by atoms with Gasteiger partial charge in [0, 0.05) is 36.8 Å². The third kappa shape index (κ3) is 3.68. The summed E-state index contributed by atoms with van der Waals surface area (Å²) in [5.74, 6) is 0.667. The average Bonchev–Trinajstić information content (AvgIpc) is 3.19. The van der Waals surface area contributed by atoms with Crippen molar-refractivity contribution in [2.45, 2.75) is 12.8 Å². The van der Waals surface area contributed by atoms with Crippen LogP contribution in [0.1, 0.15) is 12.8 Å². The number of halogens is 1. The smallest absolute Gasteiger partial charge is 0.324 e. The van der Waals surface area contributed by atoms with E-state index in [-0.39, 0.29) is 11.8 Å². The van der Waals surface area contributed by atoms with Crippen molar-refractivity contribution in [3.63, 3.8) is 0 Å². The Kier molecular flexibility index (Phi) is 5.08. The fourth-order valence-corrected chi connectivity index (χ4v) is 3.67. The van der Waals surface area contributed by atoms with E-state index < -0.39 is 0 Å². The molecule has 0 N–H and O–H groups in total. The molecular weight excluding hydrogens is 356 g/mol. The summed E-state index contributed by atoms with van der Waals surface area (Å²) in [5, 5.41) is 4.69. The molecule has 0 saturated carbocycles. The molecule has 4 rings (SSSR count). The zero-order chi connectivity index (χ0) is 17.9. The Balaban J connectivity index is 1.45. The number of hydrogen-bond donors (Lipinski definition) is 0. The van der Waals surface area contributed by atoms with Crippen LogP contribution in [-0.2, 0) is 9.53 Å². The van der Waals surface area contributed by atoms with E-state index in [2.05, 4.69) is 10.1 Å². The van der Waals surface area contributed by atoms with Crippen molar-refractivity contribution in [3.05, 3.63) is 29.3 Å². The Hall–Kier alpha value is -2.12. The van der Waals surface area contributed by atoms with Gasteiger partial charge in [-0.05, 0) is 25.0 Å². The summed E-state index contributed by atoms with van der Waals surface area (Å²) >= 11 is 6.03. The minimum Gasteiger partial charge on any atom is -0.378 e. The van der Waals surface area contributed by atoms with E-state index >= 15 is 0 Å². The normalized spacial score (nSPS) is 21.0. The van der Waals surface area contributed by atoms with Crippen LogP contribution >= 0.6 is 11.6 Å². The van der Waals surface area contributed by atoms with Crippen LogP contribution in [0.2, 0.25) is 5.02 Å². The first-order valence-corrected chi connectivity index (χ1v) is 9.29. The second-order valence-corrected chi connectivity index (χ2v) is 7.07. The minimum atomic E-state index is -0.0385. The topological polar surface area (TPSA) is 71.7 Å². The first-order valence-electron chi connectivity index (χ1n) is 8.92. The lowest BCUT2D eigenvalue weighted by atomic mass is 9.96. The third-order valence-electron chi connectivity index (χ3n) is 4.86. The molecule has 1 aromatic heterocycles. The maximum Gasteiger partial charge on any atom is 0.324 e. The van der Waals surface area contributed by atoms with Gasteiger partial charge >= 0.3 is 6.01 Å². The van der Waals surface area contributed by atoms with E-state index in [9.17, 15) is 4.79 Å². The molecule has 2 saturated heterocycles. The number of nitrogens with zero attached hydrogens (tertiary/aromatic N) is 4. The molecule has 2 aromatic rings. The Bertz CT molecular complexity index is 775. The van der Waals surface area contributed by atoms with Crippen LogP contribution < -0.4 is 4.90 Å². The Morgan fingerprint density at radius 1 is 1.23 bits per heavy atom. The number of anilines is 1. The molecule has 7 nitrogen and oxygen atoms in total. The van der Waals surface area contributed by atoms with Crippen LogP contribution in [0.5, 0.6) is 0 Å². The molecule has 3 heterocycles. The summed E-state index contributed by atoms with van der Waals surface area (Å²) in [6.45, 7) is 4.00. The summed E-state index contributed by atoms with van der Waals surface area (Å²) in [5.41, 5.74) is 0.811. The summed E-state index contributed by atoms with van der Waals surface area (Å²) in [6, 6.07) is 7.81. The van der Waals surface area contributed by atoms with Crippen LogP contribution in [0.25, 0.3) is 11.4 Å². The van der Waals surface area contributed by atoms with Gasteiger partial charge in [-0.2, -0.15) is 4.98 Å². The second kappa shape index (κ2) is 7.63. The molecule has 1 aromatic carbocycles. The van der Waals surface area contributed by atoms with Gasteiger partial charge in [-0.3, -0.25) is 4.79 Å². The molecule has 1 unspecified atom stereocenters. The highest BCUT2D eigenvalue weighted by Crippen LogP contribution is 2.26. The first kappa shape index (κ1) is 17.3. The van der Waals surface area contributed by atoms with Crippen LogP contribution in [0.3, 0.4) is 0 Å². The standard InChI is InChI=1S/C18H21ClN4O3/c19-15-5-1-3-13(11-15)16-20-18(26-21-16)23-6-2-4-14(12-23)17(24)22-7-9-25-10-8-22/h1,3,5,11,14H,2,4,6-10,12H2. The fourth-order valence-electron chi connectivity index (χ4n) is 3.48. The van der Waals surface area contributed by atoms with E-state index in [0.717, 1.165) is 24.9 Å². The molecule has 8 heteroatoms. The number of ether oxygens (including phenoxy) is 1. The number of rotatable bonds is 3. The van der Waals surface area contributed by atoms with Crippen molar-refractivity contribution in [2.24, 2.45) is 5.92 Å². The van der Waals surface area contributed by atoms with Gasteiger partial charge in [0.25, 0.3) is 0 Å². The molecule has 0 bridgehead atoms. The number of piperidine rings is 1. The number of hydrogen-bond acceptors (Lipinski definition) is 6. The number of benzene rings is 1. The number of carbonyl (C=O) groups excluding carboxylic acids is 1. The average molecular weight is 377 g/mol. The zero-order valence-corrected chi connectivity index (χ0v) is 15.2. The number of amides is 1. The molecule has 138 valence electrons. The predicted octanol–water partition coefficient (Wildman–Crippen LogP) is 2.47. The van der Waals surface area contributed by atoms with Gasteiger partial charge in [0.05, 0.1) is 19.1 Å². The lowest BCUT2D eigenvalue weighted by Gasteiger charge is -2.35. The molecule has 1 amide bonds. The first-order chi connectivity index (χ1) is 12.7. The third-order valence-corrected chi connectivity index (χ3v) is 5.10. The summed E-state index contributed by atoms with van der Waals surface area (Å²) < 4.78 is 10.8.